The van der Waals surface area contributed by atoms with E-state index in [-0.39, 0.29) is 24.5 Å². The monoisotopic (exact) mass is 414 g/mol. The summed E-state index contributed by atoms with van der Waals surface area (Å²) in [6, 6.07) is 7.51. The number of hydrogen-bond donors (Lipinski definition) is 2. The Bertz CT molecular complexity index is 902. The zero-order chi connectivity index (χ0) is 20.2. The summed E-state index contributed by atoms with van der Waals surface area (Å²) in [5.74, 6) is 1.33. The van der Waals surface area contributed by atoms with Crippen LogP contribution in [0.1, 0.15) is 59.8 Å². The van der Waals surface area contributed by atoms with Gasteiger partial charge in [-0.2, -0.15) is 0 Å². The maximum Gasteiger partial charge on any atom is 0.254 e. The highest BCUT2D eigenvalue weighted by atomic mass is 32.1. The first kappa shape index (κ1) is 19.8. The third-order valence-corrected chi connectivity index (χ3v) is 6.67. The lowest BCUT2D eigenvalue weighted by molar-refractivity contribution is -0.120. The standard InChI is InChI=1S/C22H26N2O4S/c1-2-16-11-17(22(29-16)24-20(25)15-6-4-3-5-7-15)21(26)23-12-14-8-9-18-19(10-14)28-13-27-18/h8-11,15H,2-7,12-13H2,1H3,(H,23,26)(H,24,25). The molecular weight excluding hydrogens is 388 g/mol. The van der Waals surface area contributed by atoms with Crippen molar-refractivity contribution in [3.63, 3.8) is 0 Å². The van der Waals surface area contributed by atoms with Crippen molar-refractivity contribution >= 4 is 28.2 Å². The predicted octanol–water partition coefficient (Wildman–Crippen LogP) is 4.49. The topological polar surface area (TPSA) is 76.7 Å². The molecule has 0 atom stereocenters. The van der Waals surface area contributed by atoms with Crippen LogP contribution in [-0.4, -0.2) is 18.6 Å². The largest absolute Gasteiger partial charge is 0.454 e. The molecule has 2 aliphatic rings. The normalized spacial score (nSPS) is 15.9. The zero-order valence-corrected chi connectivity index (χ0v) is 17.4. The van der Waals surface area contributed by atoms with Crippen molar-refractivity contribution in [3.05, 3.63) is 40.3 Å². The second kappa shape index (κ2) is 8.86. The minimum absolute atomic E-state index is 0.0408. The predicted molar refractivity (Wildman–Crippen MR) is 113 cm³/mol. The molecule has 29 heavy (non-hydrogen) atoms. The maximum absolute atomic E-state index is 12.8. The highest BCUT2D eigenvalue weighted by Crippen LogP contribution is 2.33. The van der Waals surface area contributed by atoms with E-state index in [4.69, 9.17) is 9.47 Å². The number of aryl methyl sites for hydroxylation is 1. The molecular formula is C22H26N2O4S. The van der Waals surface area contributed by atoms with Crippen LogP contribution in [0.15, 0.2) is 24.3 Å². The van der Waals surface area contributed by atoms with Crippen molar-refractivity contribution in [3.8, 4) is 11.5 Å². The van der Waals surface area contributed by atoms with Crippen LogP contribution in [0, 0.1) is 5.92 Å². The van der Waals surface area contributed by atoms with Crippen molar-refractivity contribution in [1.82, 2.24) is 5.32 Å². The quantitative estimate of drug-likeness (QED) is 0.730. The summed E-state index contributed by atoms with van der Waals surface area (Å²) in [5, 5.41) is 6.64. The molecule has 2 N–H and O–H groups in total. The fourth-order valence-corrected chi connectivity index (χ4v) is 4.78. The third kappa shape index (κ3) is 4.56. The van der Waals surface area contributed by atoms with E-state index in [1.807, 2.05) is 31.2 Å². The molecule has 0 saturated heterocycles. The molecule has 2 heterocycles. The lowest BCUT2D eigenvalue weighted by Crippen LogP contribution is -2.27. The molecule has 1 fully saturated rings. The van der Waals surface area contributed by atoms with Gasteiger partial charge in [0.15, 0.2) is 11.5 Å². The van der Waals surface area contributed by atoms with Gasteiger partial charge in [0, 0.05) is 17.3 Å². The first-order valence-electron chi connectivity index (χ1n) is 10.2. The van der Waals surface area contributed by atoms with Crippen LogP contribution in [0.2, 0.25) is 0 Å². The van der Waals surface area contributed by atoms with Gasteiger partial charge in [0.05, 0.1) is 5.56 Å². The molecule has 0 unspecified atom stereocenters. The van der Waals surface area contributed by atoms with Crippen LogP contribution < -0.4 is 20.1 Å². The van der Waals surface area contributed by atoms with Gasteiger partial charge in [-0.25, -0.2) is 0 Å². The molecule has 2 amide bonds. The van der Waals surface area contributed by atoms with E-state index in [1.54, 1.807) is 0 Å². The number of carbonyl (C=O) groups excluding carboxylic acids is 2. The van der Waals surface area contributed by atoms with Gasteiger partial charge in [0.1, 0.15) is 5.00 Å². The van der Waals surface area contributed by atoms with Crippen LogP contribution >= 0.6 is 11.3 Å². The average molecular weight is 415 g/mol. The Morgan fingerprint density at radius 3 is 2.69 bits per heavy atom. The number of amides is 2. The summed E-state index contributed by atoms with van der Waals surface area (Å²) in [4.78, 5) is 26.6. The van der Waals surface area contributed by atoms with Gasteiger partial charge in [-0.3, -0.25) is 9.59 Å². The molecule has 1 aliphatic heterocycles. The van der Waals surface area contributed by atoms with Gasteiger partial charge in [-0.1, -0.05) is 32.3 Å². The summed E-state index contributed by atoms with van der Waals surface area (Å²) in [5.41, 5.74) is 1.47. The summed E-state index contributed by atoms with van der Waals surface area (Å²) >= 11 is 1.49. The Balaban J connectivity index is 1.43. The van der Waals surface area contributed by atoms with E-state index in [9.17, 15) is 9.59 Å². The molecule has 154 valence electrons. The molecule has 4 rings (SSSR count). The smallest absolute Gasteiger partial charge is 0.254 e. The molecule has 1 aromatic carbocycles. The van der Waals surface area contributed by atoms with Gasteiger partial charge in [-0.15, -0.1) is 11.3 Å². The number of benzene rings is 1. The van der Waals surface area contributed by atoms with Gasteiger partial charge in [-0.05, 0) is 43.0 Å². The van der Waals surface area contributed by atoms with Crippen LogP contribution in [0.3, 0.4) is 0 Å². The SMILES string of the molecule is CCc1cc(C(=O)NCc2ccc3c(c2)OCO3)c(NC(=O)C2CCCCC2)s1. The zero-order valence-electron chi connectivity index (χ0n) is 16.6. The van der Waals surface area contributed by atoms with Crippen LogP contribution in [0.4, 0.5) is 5.00 Å². The maximum atomic E-state index is 12.8. The van der Waals surface area contributed by atoms with Crippen molar-refractivity contribution in [2.24, 2.45) is 5.92 Å². The highest BCUT2D eigenvalue weighted by molar-refractivity contribution is 7.16. The van der Waals surface area contributed by atoms with Gasteiger partial charge < -0.3 is 20.1 Å². The van der Waals surface area contributed by atoms with E-state index >= 15 is 0 Å². The fraction of sp³-hybridized carbons (Fsp3) is 0.455. The number of anilines is 1. The lowest BCUT2D eigenvalue weighted by Gasteiger charge is -2.20. The van der Waals surface area contributed by atoms with Crippen molar-refractivity contribution < 1.29 is 19.1 Å². The Hall–Kier alpha value is -2.54. The first-order valence-corrected chi connectivity index (χ1v) is 11.1. The molecule has 0 spiro atoms. The minimum Gasteiger partial charge on any atom is -0.454 e. The molecule has 1 aliphatic carbocycles. The number of thiophene rings is 1. The summed E-state index contributed by atoms with van der Waals surface area (Å²) in [6.45, 7) is 2.65. The number of fused-ring (bicyclic) bond motifs is 1. The van der Waals surface area contributed by atoms with Crippen molar-refractivity contribution in [1.29, 1.82) is 0 Å². The fourth-order valence-electron chi connectivity index (χ4n) is 3.79. The first-order chi connectivity index (χ1) is 14.1. The number of nitrogens with one attached hydrogen (secondary N) is 2. The van der Waals surface area contributed by atoms with E-state index in [2.05, 4.69) is 10.6 Å². The van der Waals surface area contributed by atoms with E-state index in [0.717, 1.165) is 48.3 Å². The van der Waals surface area contributed by atoms with Crippen LogP contribution in [0.5, 0.6) is 11.5 Å². The van der Waals surface area contributed by atoms with E-state index in [0.29, 0.717) is 22.9 Å². The van der Waals surface area contributed by atoms with Crippen LogP contribution in [-0.2, 0) is 17.8 Å². The number of hydrogen-bond acceptors (Lipinski definition) is 5. The van der Waals surface area contributed by atoms with Gasteiger partial charge in [0.25, 0.3) is 5.91 Å². The summed E-state index contributed by atoms with van der Waals surface area (Å²) in [6.07, 6.45) is 6.10. The Morgan fingerprint density at radius 1 is 1.10 bits per heavy atom. The molecule has 6 nitrogen and oxygen atoms in total. The van der Waals surface area contributed by atoms with E-state index < -0.39 is 0 Å². The van der Waals surface area contributed by atoms with E-state index in [1.165, 1.54) is 17.8 Å². The third-order valence-electron chi connectivity index (χ3n) is 5.48. The number of ether oxygens (including phenoxy) is 2. The Kier molecular flexibility index (Phi) is 6.04. The van der Waals surface area contributed by atoms with Crippen molar-refractivity contribution in [2.75, 3.05) is 12.1 Å². The summed E-state index contributed by atoms with van der Waals surface area (Å²) in [7, 11) is 0. The molecule has 0 radical (unpaired) electrons. The van der Waals surface area contributed by atoms with Crippen LogP contribution in [0.25, 0.3) is 0 Å². The highest BCUT2D eigenvalue weighted by Gasteiger charge is 2.24. The molecule has 1 aromatic heterocycles. The lowest BCUT2D eigenvalue weighted by atomic mass is 9.89. The number of carbonyl (C=O) groups is 2. The minimum atomic E-state index is -0.183. The van der Waals surface area contributed by atoms with Gasteiger partial charge >= 0.3 is 0 Å². The molecule has 2 aromatic rings. The molecule has 1 saturated carbocycles. The Labute approximate surface area is 174 Å². The van der Waals surface area contributed by atoms with Gasteiger partial charge in [0.2, 0.25) is 12.7 Å². The average Bonchev–Trinajstić information content (AvgIpc) is 3.39. The molecule has 7 heteroatoms. The second-order valence-corrected chi connectivity index (χ2v) is 8.64. The van der Waals surface area contributed by atoms with Crippen molar-refractivity contribution in [2.45, 2.75) is 52.0 Å². The Morgan fingerprint density at radius 2 is 1.90 bits per heavy atom. The number of rotatable bonds is 6. The second-order valence-electron chi connectivity index (χ2n) is 7.50. The summed E-state index contributed by atoms with van der Waals surface area (Å²) < 4.78 is 10.7. The molecule has 0 bridgehead atoms.